The van der Waals surface area contributed by atoms with Gasteiger partial charge in [0, 0.05) is 12.6 Å². The lowest BCUT2D eigenvalue weighted by Crippen LogP contribution is -2.34. The summed E-state index contributed by atoms with van der Waals surface area (Å²) in [7, 11) is -3.32. The number of nitrogens with two attached hydrogens (primary N) is 1. The van der Waals surface area contributed by atoms with E-state index in [4.69, 9.17) is 5.14 Å². The second-order valence-electron chi connectivity index (χ2n) is 3.95. The van der Waals surface area contributed by atoms with Crippen LogP contribution in [0.3, 0.4) is 0 Å². The first-order valence-corrected chi connectivity index (χ1v) is 7.45. The number of nitrogens with one attached hydrogen (secondary N) is 1. The van der Waals surface area contributed by atoms with Crippen molar-refractivity contribution in [1.82, 2.24) is 5.32 Å². The molecule has 0 bridgehead atoms. The summed E-state index contributed by atoms with van der Waals surface area (Å²) in [5.41, 5.74) is 0. The number of hydrogen-bond donors (Lipinski definition) is 2. The monoisotopic (exact) mass is 236 g/mol. The first kappa shape index (κ1) is 14.9. The van der Waals surface area contributed by atoms with Crippen molar-refractivity contribution in [3.8, 4) is 0 Å². The molecule has 0 aliphatic rings. The van der Waals surface area contributed by atoms with Gasteiger partial charge in [-0.15, -0.1) is 0 Å². The lowest BCUT2D eigenvalue weighted by molar-refractivity contribution is 0.445. The molecule has 1 atom stereocenters. The van der Waals surface area contributed by atoms with E-state index in [1.54, 1.807) is 0 Å². The molecule has 0 saturated heterocycles. The highest BCUT2D eigenvalue weighted by atomic mass is 32.2. The zero-order chi connectivity index (χ0) is 11.7. The Kier molecular flexibility index (Phi) is 8.00. The maximum Gasteiger partial charge on any atom is 0.210 e. The Morgan fingerprint density at radius 1 is 1.20 bits per heavy atom. The van der Waals surface area contributed by atoms with Crippen molar-refractivity contribution in [3.63, 3.8) is 0 Å². The predicted octanol–water partition coefficient (Wildman–Crippen LogP) is 1.22. The third-order valence-electron chi connectivity index (χ3n) is 2.36. The lowest BCUT2D eigenvalue weighted by Gasteiger charge is -2.17. The molecule has 0 saturated carbocycles. The van der Waals surface area contributed by atoms with Crippen molar-refractivity contribution < 1.29 is 8.42 Å². The molecule has 0 rings (SSSR count). The SMILES string of the molecule is CCCCC(CCC)NCCS(N)(=O)=O. The highest BCUT2D eigenvalue weighted by Gasteiger charge is 2.08. The van der Waals surface area contributed by atoms with E-state index < -0.39 is 10.0 Å². The van der Waals surface area contributed by atoms with E-state index in [0.29, 0.717) is 12.6 Å². The molecule has 0 aliphatic carbocycles. The van der Waals surface area contributed by atoms with Gasteiger partial charge in [0.15, 0.2) is 0 Å². The Morgan fingerprint density at radius 2 is 1.87 bits per heavy atom. The molecule has 0 amide bonds. The minimum absolute atomic E-state index is 0.0271. The van der Waals surface area contributed by atoms with Crippen molar-refractivity contribution in [1.29, 1.82) is 0 Å². The topological polar surface area (TPSA) is 72.2 Å². The summed E-state index contributed by atoms with van der Waals surface area (Å²) in [5.74, 6) is 0.0271. The highest BCUT2D eigenvalue weighted by molar-refractivity contribution is 7.89. The lowest BCUT2D eigenvalue weighted by atomic mass is 10.1. The minimum Gasteiger partial charge on any atom is -0.313 e. The Morgan fingerprint density at radius 3 is 2.33 bits per heavy atom. The number of sulfonamides is 1. The summed E-state index contributed by atoms with van der Waals surface area (Å²) in [5, 5.41) is 8.18. The molecular formula is C10H24N2O2S. The number of rotatable bonds is 9. The van der Waals surface area contributed by atoms with Crippen LogP contribution in [0.15, 0.2) is 0 Å². The van der Waals surface area contributed by atoms with Gasteiger partial charge in [0.05, 0.1) is 5.75 Å². The van der Waals surface area contributed by atoms with Crippen molar-refractivity contribution in [2.45, 2.75) is 52.0 Å². The minimum atomic E-state index is -3.32. The quantitative estimate of drug-likeness (QED) is 0.632. The average molecular weight is 236 g/mol. The van der Waals surface area contributed by atoms with Crippen LogP contribution in [-0.2, 0) is 10.0 Å². The van der Waals surface area contributed by atoms with Gasteiger partial charge in [0.25, 0.3) is 0 Å². The zero-order valence-corrected chi connectivity index (χ0v) is 10.6. The summed E-state index contributed by atoms with van der Waals surface area (Å²) in [6.07, 6.45) is 5.71. The van der Waals surface area contributed by atoms with Gasteiger partial charge in [-0.25, -0.2) is 13.6 Å². The van der Waals surface area contributed by atoms with E-state index in [-0.39, 0.29) is 5.75 Å². The van der Waals surface area contributed by atoms with Gasteiger partial charge >= 0.3 is 0 Å². The fourth-order valence-corrected chi connectivity index (χ4v) is 1.96. The average Bonchev–Trinajstić information content (AvgIpc) is 2.12. The molecule has 0 aromatic rings. The van der Waals surface area contributed by atoms with Crippen LogP contribution in [0.5, 0.6) is 0 Å². The van der Waals surface area contributed by atoms with Gasteiger partial charge in [-0.05, 0) is 12.8 Å². The molecule has 1 unspecified atom stereocenters. The molecule has 0 aromatic carbocycles. The van der Waals surface area contributed by atoms with Crippen LogP contribution in [-0.4, -0.2) is 26.8 Å². The smallest absolute Gasteiger partial charge is 0.210 e. The molecule has 4 nitrogen and oxygen atoms in total. The standard InChI is InChI=1S/C10H24N2O2S/c1-3-5-7-10(6-4-2)12-8-9-15(11,13)14/h10,12H,3-9H2,1-2H3,(H2,11,13,14). The van der Waals surface area contributed by atoms with Crippen LogP contribution < -0.4 is 10.5 Å². The molecule has 0 aliphatic heterocycles. The second kappa shape index (κ2) is 8.07. The zero-order valence-electron chi connectivity index (χ0n) is 9.83. The maximum atomic E-state index is 10.7. The van der Waals surface area contributed by atoms with Gasteiger partial charge in [-0.2, -0.15) is 0 Å². The third kappa shape index (κ3) is 10.2. The van der Waals surface area contributed by atoms with Crippen molar-refractivity contribution in [3.05, 3.63) is 0 Å². The van der Waals surface area contributed by atoms with Gasteiger partial charge in [-0.1, -0.05) is 33.1 Å². The fraction of sp³-hybridized carbons (Fsp3) is 1.00. The normalized spacial score (nSPS) is 14.1. The van der Waals surface area contributed by atoms with E-state index in [0.717, 1.165) is 19.3 Å². The Hall–Kier alpha value is -0.130. The summed E-state index contributed by atoms with van der Waals surface area (Å²) >= 11 is 0. The maximum absolute atomic E-state index is 10.7. The highest BCUT2D eigenvalue weighted by Crippen LogP contribution is 2.06. The van der Waals surface area contributed by atoms with E-state index in [1.165, 1.54) is 12.8 Å². The molecular weight excluding hydrogens is 212 g/mol. The molecule has 0 radical (unpaired) electrons. The van der Waals surface area contributed by atoms with E-state index in [1.807, 2.05) is 0 Å². The largest absolute Gasteiger partial charge is 0.313 e. The van der Waals surface area contributed by atoms with Gasteiger partial charge in [-0.3, -0.25) is 0 Å². The van der Waals surface area contributed by atoms with Gasteiger partial charge < -0.3 is 5.32 Å². The molecule has 0 spiro atoms. The van der Waals surface area contributed by atoms with Gasteiger partial charge in [0.2, 0.25) is 10.0 Å². The molecule has 92 valence electrons. The fourth-order valence-electron chi connectivity index (χ4n) is 1.55. The van der Waals surface area contributed by atoms with Crippen molar-refractivity contribution >= 4 is 10.0 Å². The number of primary sulfonamides is 1. The number of hydrogen-bond acceptors (Lipinski definition) is 3. The van der Waals surface area contributed by atoms with Crippen LogP contribution in [0.2, 0.25) is 0 Å². The summed E-state index contributed by atoms with van der Waals surface area (Å²) in [4.78, 5) is 0. The van der Waals surface area contributed by atoms with Crippen LogP contribution in [0.1, 0.15) is 46.0 Å². The van der Waals surface area contributed by atoms with Crippen molar-refractivity contribution in [2.75, 3.05) is 12.3 Å². The van der Waals surface area contributed by atoms with Crippen LogP contribution in [0, 0.1) is 0 Å². The Balaban J connectivity index is 3.74. The summed E-state index contributed by atoms with van der Waals surface area (Å²) in [6.45, 7) is 4.76. The molecule has 15 heavy (non-hydrogen) atoms. The Bertz CT molecular complexity index is 240. The van der Waals surface area contributed by atoms with E-state index in [2.05, 4.69) is 19.2 Å². The molecule has 3 N–H and O–H groups in total. The first-order chi connectivity index (χ1) is 6.99. The predicted molar refractivity (Wildman–Crippen MR) is 64.2 cm³/mol. The van der Waals surface area contributed by atoms with Crippen LogP contribution in [0.4, 0.5) is 0 Å². The van der Waals surface area contributed by atoms with Crippen molar-refractivity contribution in [2.24, 2.45) is 5.14 Å². The third-order valence-corrected chi connectivity index (χ3v) is 3.14. The van der Waals surface area contributed by atoms with Crippen LogP contribution >= 0.6 is 0 Å². The van der Waals surface area contributed by atoms with E-state index >= 15 is 0 Å². The van der Waals surface area contributed by atoms with Crippen LogP contribution in [0.25, 0.3) is 0 Å². The molecule has 0 fully saturated rings. The molecule has 0 aromatic heterocycles. The summed E-state index contributed by atoms with van der Waals surface area (Å²) in [6, 6.07) is 0.441. The second-order valence-corrected chi connectivity index (χ2v) is 5.68. The molecule has 5 heteroatoms. The molecule has 0 heterocycles. The summed E-state index contributed by atoms with van der Waals surface area (Å²) < 4.78 is 21.4. The van der Waals surface area contributed by atoms with E-state index in [9.17, 15) is 8.42 Å². The van der Waals surface area contributed by atoms with Gasteiger partial charge in [0.1, 0.15) is 0 Å². The number of unbranched alkanes of at least 4 members (excludes halogenated alkanes) is 1. The Labute approximate surface area is 93.7 Å². The first-order valence-electron chi connectivity index (χ1n) is 5.73.